The lowest BCUT2D eigenvalue weighted by molar-refractivity contribution is 0.132. The van der Waals surface area contributed by atoms with Gasteiger partial charge in [-0.05, 0) is 37.3 Å². The first-order chi connectivity index (χ1) is 11.0. The number of nitrogens with zero attached hydrogens (tertiary/aromatic N) is 1. The lowest BCUT2D eigenvalue weighted by Crippen LogP contribution is -2.47. The number of methoxy groups -OCH3 is 1. The Kier molecular flexibility index (Phi) is 6.28. The molecule has 1 aromatic rings. The highest BCUT2D eigenvalue weighted by Gasteiger charge is 2.23. The molecule has 1 aromatic carbocycles. The molecule has 1 aliphatic rings. The van der Waals surface area contributed by atoms with Gasteiger partial charge in [-0.15, -0.1) is 0 Å². The number of urea groups is 1. The second-order valence-corrected chi connectivity index (χ2v) is 6.86. The third-order valence-electron chi connectivity index (χ3n) is 4.21. The number of hydrogen-bond donors (Lipinski definition) is 2. The van der Waals surface area contributed by atoms with Gasteiger partial charge in [0.2, 0.25) is 0 Å². The lowest BCUT2D eigenvalue weighted by atomic mass is 9.92. The van der Waals surface area contributed by atoms with Crippen LogP contribution in [-0.4, -0.2) is 43.7 Å². The van der Waals surface area contributed by atoms with Gasteiger partial charge in [0, 0.05) is 25.7 Å². The summed E-state index contributed by atoms with van der Waals surface area (Å²) in [5, 5.41) is 5.86. The van der Waals surface area contributed by atoms with Crippen LogP contribution in [0.1, 0.15) is 27.2 Å². The molecule has 3 atom stereocenters. The van der Waals surface area contributed by atoms with Crippen molar-refractivity contribution in [2.24, 2.45) is 11.8 Å². The van der Waals surface area contributed by atoms with Crippen LogP contribution in [0.4, 0.5) is 10.5 Å². The van der Waals surface area contributed by atoms with Gasteiger partial charge in [0.15, 0.2) is 0 Å². The van der Waals surface area contributed by atoms with Crippen LogP contribution in [0.5, 0.6) is 5.75 Å². The number of hydrogen-bond acceptors (Lipinski definition) is 3. The Hall–Kier alpha value is -1.75. The van der Waals surface area contributed by atoms with Crippen molar-refractivity contribution in [3.05, 3.63) is 24.3 Å². The summed E-state index contributed by atoms with van der Waals surface area (Å²) in [6.07, 6.45) is 1.30. The third-order valence-corrected chi connectivity index (χ3v) is 4.21. The number of amides is 2. The van der Waals surface area contributed by atoms with E-state index in [0.29, 0.717) is 11.4 Å². The molecule has 2 amide bonds. The number of ether oxygens (including phenoxy) is 1. The Bertz CT molecular complexity index is 511. The summed E-state index contributed by atoms with van der Waals surface area (Å²) in [6.45, 7) is 9.76. The highest BCUT2D eigenvalue weighted by molar-refractivity contribution is 5.91. The van der Waals surface area contributed by atoms with Crippen molar-refractivity contribution < 1.29 is 9.53 Å². The molecular formula is C18H29N3O2. The summed E-state index contributed by atoms with van der Waals surface area (Å²) in [5.74, 6) is 2.12. The van der Waals surface area contributed by atoms with Crippen LogP contribution < -0.4 is 15.4 Å². The minimum absolute atomic E-state index is 0.0993. The average molecular weight is 319 g/mol. The number of carbonyl (C=O) groups is 1. The van der Waals surface area contributed by atoms with Gasteiger partial charge in [0.05, 0.1) is 12.8 Å². The number of para-hydroxylation sites is 2. The summed E-state index contributed by atoms with van der Waals surface area (Å²) in [4.78, 5) is 14.6. The van der Waals surface area contributed by atoms with Crippen LogP contribution in [-0.2, 0) is 0 Å². The predicted octanol–water partition coefficient (Wildman–Crippen LogP) is 3.18. The summed E-state index contributed by atoms with van der Waals surface area (Å²) in [7, 11) is 1.60. The second kappa shape index (κ2) is 8.20. The highest BCUT2D eigenvalue weighted by atomic mass is 16.5. The lowest BCUT2D eigenvalue weighted by Gasteiger charge is -2.36. The molecule has 1 saturated heterocycles. The molecular weight excluding hydrogens is 290 g/mol. The Morgan fingerprint density at radius 1 is 1.30 bits per heavy atom. The molecule has 2 rings (SSSR count). The van der Waals surface area contributed by atoms with Gasteiger partial charge in [-0.2, -0.15) is 0 Å². The third kappa shape index (κ3) is 5.43. The molecule has 0 spiro atoms. The molecule has 0 aromatic heterocycles. The van der Waals surface area contributed by atoms with E-state index < -0.39 is 0 Å². The van der Waals surface area contributed by atoms with Gasteiger partial charge in [-0.3, -0.25) is 0 Å². The van der Waals surface area contributed by atoms with Gasteiger partial charge in [-0.25, -0.2) is 4.79 Å². The number of benzene rings is 1. The first-order valence-corrected chi connectivity index (χ1v) is 8.40. The van der Waals surface area contributed by atoms with E-state index in [1.54, 1.807) is 7.11 Å². The highest BCUT2D eigenvalue weighted by Crippen LogP contribution is 2.23. The molecule has 5 nitrogen and oxygen atoms in total. The Morgan fingerprint density at radius 3 is 2.61 bits per heavy atom. The zero-order valence-corrected chi connectivity index (χ0v) is 14.6. The van der Waals surface area contributed by atoms with Crippen LogP contribution in [0.25, 0.3) is 0 Å². The number of piperidine rings is 1. The van der Waals surface area contributed by atoms with Gasteiger partial charge < -0.3 is 20.3 Å². The van der Waals surface area contributed by atoms with E-state index in [1.807, 2.05) is 31.2 Å². The second-order valence-electron chi connectivity index (χ2n) is 6.86. The first kappa shape index (κ1) is 17.6. The van der Waals surface area contributed by atoms with Crippen LogP contribution in [0, 0.1) is 11.8 Å². The van der Waals surface area contributed by atoms with Crippen LogP contribution in [0.3, 0.4) is 0 Å². The molecule has 1 fully saturated rings. The summed E-state index contributed by atoms with van der Waals surface area (Å²) < 4.78 is 5.25. The number of nitrogens with one attached hydrogen (secondary N) is 2. The van der Waals surface area contributed by atoms with Crippen molar-refractivity contribution >= 4 is 11.7 Å². The van der Waals surface area contributed by atoms with E-state index in [2.05, 4.69) is 29.4 Å². The molecule has 128 valence electrons. The van der Waals surface area contributed by atoms with Gasteiger partial charge in [0.1, 0.15) is 5.75 Å². The van der Waals surface area contributed by atoms with E-state index >= 15 is 0 Å². The standard InChI is InChI=1S/C18H29N3O2/c1-13-9-14(2)11-21(10-13)12-15(3)19-18(22)20-16-7-5-6-8-17(16)23-4/h5-8,13-15H,9-12H2,1-4H3,(H2,19,20,22). The monoisotopic (exact) mass is 319 g/mol. The largest absolute Gasteiger partial charge is 0.495 e. The summed E-state index contributed by atoms with van der Waals surface area (Å²) in [5.41, 5.74) is 0.680. The molecule has 3 unspecified atom stereocenters. The summed E-state index contributed by atoms with van der Waals surface area (Å²) in [6, 6.07) is 7.32. The first-order valence-electron chi connectivity index (χ1n) is 8.40. The van der Waals surface area contributed by atoms with Crippen molar-refractivity contribution in [2.45, 2.75) is 33.2 Å². The maximum absolute atomic E-state index is 12.2. The molecule has 2 N–H and O–H groups in total. The Balaban J connectivity index is 1.82. The van der Waals surface area contributed by atoms with Crippen molar-refractivity contribution in [1.29, 1.82) is 0 Å². The average Bonchev–Trinajstić information content (AvgIpc) is 2.46. The fraction of sp³-hybridized carbons (Fsp3) is 0.611. The van der Waals surface area contributed by atoms with E-state index in [0.717, 1.165) is 31.5 Å². The molecule has 1 aliphatic heterocycles. The van der Waals surface area contributed by atoms with E-state index in [4.69, 9.17) is 4.74 Å². The van der Waals surface area contributed by atoms with Crippen molar-refractivity contribution in [3.63, 3.8) is 0 Å². The smallest absolute Gasteiger partial charge is 0.319 e. The minimum atomic E-state index is -0.194. The zero-order chi connectivity index (χ0) is 16.8. The van der Waals surface area contributed by atoms with Gasteiger partial charge >= 0.3 is 6.03 Å². The molecule has 0 bridgehead atoms. The Morgan fingerprint density at radius 2 is 1.96 bits per heavy atom. The maximum atomic E-state index is 12.2. The minimum Gasteiger partial charge on any atom is -0.495 e. The predicted molar refractivity (Wildman–Crippen MR) is 94.0 cm³/mol. The Labute approximate surface area is 139 Å². The molecule has 0 radical (unpaired) electrons. The number of rotatable bonds is 5. The zero-order valence-electron chi connectivity index (χ0n) is 14.6. The van der Waals surface area contributed by atoms with E-state index in [9.17, 15) is 4.79 Å². The van der Waals surface area contributed by atoms with Crippen molar-refractivity contribution in [2.75, 3.05) is 32.1 Å². The topological polar surface area (TPSA) is 53.6 Å². The van der Waals surface area contributed by atoms with Crippen molar-refractivity contribution in [1.82, 2.24) is 10.2 Å². The molecule has 23 heavy (non-hydrogen) atoms. The van der Waals surface area contributed by atoms with Crippen LogP contribution >= 0.6 is 0 Å². The van der Waals surface area contributed by atoms with Gasteiger partial charge in [-0.1, -0.05) is 26.0 Å². The molecule has 0 saturated carbocycles. The van der Waals surface area contributed by atoms with Crippen molar-refractivity contribution in [3.8, 4) is 5.75 Å². The number of anilines is 1. The number of likely N-dealkylation sites (tertiary alicyclic amines) is 1. The quantitative estimate of drug-likeness (QED) is 0.876. The number of carbonyl (C=O) groups excluding carboxylic acids is 1. The van der Waals surface area contributed by atoms with Crippen LogP contribution in [0.2, 0.25) is 0 Å². The fourth-order valence-electron chi connectivity index (χ4n) is 3.50. The fourth-order valence-corrected chi connectivity index (χ4v) is 3.50. The molecule has 1 heterocycles. The maximum Gasteiger partial charge on any atom is 0.319 e. The molecule has 0 aliphatic carbocycles. The summed E-state index contributed by atoms with van der Waals surface area (Å²) >= 11 is 0. The normalized spacial score (nSPS) is 23.1. The van der Waals surface area contributed by atoms with E-state index in [-0.39, 0.29) is 12.1 Å². The SMILES string of the molecule is COc1ccccc1NC(=O)NC(C)CN1CC(C)CC(C)C1. The molecule has 5 heteroatoms. The van der Waals surface area contributed by atoms with Crippen LogP contribution in [0.15, 0.2) is 24.3 Å². The van der Waals surface area contributed by atoms with E-state index in [1.165, 1.54) is 6.42 Å². The van der Waals surface area contributed by atoms with Gasteiger partial charge in [0.25, 0.3) is 0 Å².